The average Bonchev–Trinajstić information content (AvgIpc) is 2.30. The maximum atomic E-state index is 2.29. The zero-order valence-electron chi connectivity index (χ0n) is 10.3. The second-order valence-electron chi connectivity index (χ2n) is 4.60. The Bertz CT molecular complexity index is 589. The summed E-state index contributed by atoms with van der Waals surface area (Å²) in [5.41, 5.74) is 5.25. The van der Waals surface area contributed by atoms with Gasteiger partial charge in [-0.1, -0.05) is 23.9 Å². The van der Waals surface area contributed by atoms with Gasteiger partial charge in [-0.2, -0.15) is 0 Å². The molecule has 0 amide bonds. The van der Waals surface area contributed by atoms with Crippen LogP contribution in [0, 0.1) is 13.8 Å². The van der Waals surface area contributed by atoms with E-state index in [4.69, 9.17) is 0 Å². The van der Waals surface area contributed by atoms with Crippen LogP contribution in [-0.2, 0) is 0 Å². The highest BCUT2D eigenvalue weighted by molar-refractivity contribution is 7.99. The van der Waals surface area contributed by atoms with E-state index in [1.165, 1.54) is 32.3 Å². The van der Waals surface area contributed by atoms with Crippen LogP contribution in [0.2, 0.25) is 0 Å². The van der Waals surface area contributed by atoms with Crippen molar-refractivity contribution in [2.45, 2.75) is 23.6 Å². The van der Waals surface area contributed by atoms with E-state index in [-0.39, 0.29) is 0 Å². The Labute approximate surface area is 106 Å². The van der Waals surface area contributed by atoms with Crippen molar-refractivity contribution in [1.29, 1.82) is 0 Å². The molecule has 17 heavy (non-hydrogen) atoms. The normalized spacial score (nSPS) is 13.2. The lowest BCUT2D eigenvalue weighted by Crippen LogP contribution is -2.14. The summed E-state index contributed by atoms with van der Waals surface area (Å²) in [6.07, 6.45) is 0. The van der Waals surface area contributed by atoms with Gasteiger partial charge < -0.3 is 4.90 Å². The quantitative estimate of drug-likeness (QED) is 0.666. The second-order valence-corrected chi connectivity index (χ2v) is 5.69. The molecular weight excluding hydrogens is 226 g/mol. The van der Waals surface area contributed by atoms with Crippen molar-refractivity contribution in [1.82, 2.24) is 0 Å². The maximum Gasteiger partial charge on any atom is 0.0552 e. The predicted octanol–water partition coefficient (Wildman–Crippen LogP) is 4.54. The highest BCUT2D eigenvalue weighted by Gasteiger charge is 2.20. The van der Waals surface area contributed by atoms with Crippen LogP contribution >= 0.6 is 11.8 Å². The van der Waals surface area contributed by atoms with E-state index in [9.17, 15) is 0 Å². The molecule has 0 saturated heterocycles. The lowest BCUT2D eigenvalue weighted by atomic mass is 10.1. The van der Waals surface area contributed by atoms with E-state index in [2.05, 4.69) is 62.2 Å². The number of benzene rings is 2. The van der Waals surface area contributed by atoms with Gasteiger partial charge >= 0.3 is 0 Å². The molecule has 0 atom stereocenters. The number of rotatable bonds is 0. The first-order chi connectivity index (χ1) is 8.15. The molecule has 2 aromatic carbocycles. The fraction of sp³-hybridized carbons (Fsp3) is 0.200. The first kappa shape index (κ1) is 10.7. The number of anilines is 2. The van der Waals surface area contributed by atoms with Gasteiger partial charge in [0.05, 0.1) is 11.4 Å². The summed E-state index contributed by atoms with van der Waals surface area (Å²) in [5.74, 6) is 0. The first-order valence-electron chi connectivity index (χ1n) is 5.78. The van der Waals surface area contributed by atoms with E-state index in [1.807, 2.05) is 11.8 Å². The Balaban J connectivity index is 2.17. The van der Waals surface area contributed by atoms with Crippen molar-refractivity contribution in [3.05, 3.63) is 47.5 Å². The molecule has 1 nitrogen and oxygen atoms in total. The van der Waals surface area contributed by atoms with Crippen LogP contribution in [0.3, 0.4) is 0 Å². The molecule has 1 heterocycles. The molecule has 0 bridgehead atoms. The SMILES string of the molecule is Cc1ccc2c(c1)Sc1ccc(C)cc1N2C. The third-order valence-corrected chi connectivity index (χ3v) is 4.28. The smallest absolute Gasteiger partial charge is 0.0552 e. The molecule has 0 spiro atoms. The molecule has 3 rings (SSSR count). The summed E-state index contributed by atoms with van der Waals surface area (Å²) in [4.78, 5) is 4.98. The molecule has 0 radical (unpaired) electrons. The molecular formula is C15H15NS. The summed E-state index contributed by atoms with van der Waals surface area (Å²) in [7, 11) is 2.14. The van der Waals surface area contributed by atoms with Gasteiger partial charge in [0.25, 0.3) is 0 Å². The Morgan fingerprint density at radius 2 is 1.53 bits per heavy atom. The molecule has 0 N–H and O–H groups in total. The Morgan fingerprint density at radius 3 is 2.35 bits per heavy atom. The van der Waals surface area contributed by atoms with E-state index >= 15 is 0 Å². The summed E-state index contributed by atoms with van der Waals surface area (Å²) in [6.45, 7) is 4.29. The monoisotopic (exact) mass is 241 g/mol. The first-order valence-corrected chi connectivity index (χ1v) is 6.60. The van der Waals surface area contributed by atoms with E-state index in [0.29, 0.717) is 0 Å². The zero-order valence-corrected chi connectivity index (χ0v) is 11.1. The zero-order chi connectivity index (χ0) is 12.0. The van der Waals surface area contributed by atoms with Crippen molar-refractivity contribution in [3.8, 4) is 0 Å². The topological polar surface area (TPSA) is 3.24 Å². The third kappa shape index (κ3) is 1.73. The largest absolute Gasteiger partial charge is 0.343 e. The van der Waals surface area contributed by atoms with Crippen molar-refractivity contribution in [3.63, 3.8) is 0 Å². The average molecular weight is 241 g/mol. The molecule has 1 aliphatic heterocycles. The molecule has 2 heteroatoms. The third-order valence-electron chi connectivity index (χ3n) is 3.17. The van der Waals surface area contributed by atoms with E-state index in [1.54, 1.807) is 0 Å². The van der Waals surface area contributed by atoms with Crippen LogP contribution < -0.4 is 4.90 Å². The molecule has 0 unspecified atom stereocenters. The summed E-state index contributed by atoms with van der Waals surface area (Å²) in [5, 5.41) is 0. The number of hydrogen-bond acceptors (Lipinski definition) is 2. The minimum atomic E-state index is 1.30. The summed E-state index contributed by atoms with van der Waals surface area (Å²) in [6, 6.07) is 13.3. The Kier molecular flexibility index (Phi) is 2.40. The lowest BCUT2D eigenvalue weighted by molar-refractivity contribution is 1.10. The summed E-state index contributed by atoms with van der Waals surface area (Å²) < 4.78 is 0. The fourth-order valence-corrected chi connectivity index (χ4v) is 3.43. The number of aryl methyl sites for hydroxylation is 2. The molecule has 86 valence electrons. The van der Waals surface area contributed by atoms with Crippen molar-refractivity contribution in [2.75, 3.05) is 11.9 Å². The molecule has 2 aromatic rings. The van der Waals surface area contributed by atoms with Crippen LogP contribution in [-0.4, -0.2) is 7.05 Å². The minimum Gasteiger partial charge on any atom is -0.343 e. The van der Waals surface area contributed by atoms with Crippen LogP contribution in [0.4, 0.5) is 11.4 Å². The Morgan fingerprint density at radius 1 is 0.824 bits per heavy atom. The van der Waals surface area contributed by atoms with Gasteiger partial charge in [-0.05, 0) is 49.2 Å². The fourth-order valence-electron chi connectivity index (χ4n) is 2.20. The van der Waals surface area contributed by atoms with Gasteiger partial charge in [0.15, 0.2) is 0 Å². The van der Waals surface area contributed by atoms with Gasteiger partial charge in [-0.3, -0.25) is 0 Å². The summed E-state index contributed by atoms with van der Waals surface area (Å²) >= 11 is 1.87. The minimum absolute atomic E-state index is 1.30. The van der Waals surface area contributed by atoms with Gasteiger partial charge in [0.1, 0.15) is 0 Å². The number of hydrogen-bond donors (Lipinski definition) is 0. The molecule has 0 saturated carbocycles. The van der Waals surface area contributed by atoms with Crippen molar-refractivity contribution >= 4 is 23.1 Å². The van der Waals surface area contributed by atoms with Crippen LogP contribution in [0.25, 0.3) is 0 Å². The van der Waals surface area contributed by atoms with E-state index in [0.717, 1.165) is 0 Å². The number of fused-ring (bicyclic) bond motifs is 2. The van der Waals surface area contributed by atoms with Crippen molar-refractivity contribution in [2.24, 2.45) is 0 Å². The number of nitrogens with zero attached hydrogens (tertiary/aromatic N) is 1. The second kappa shape index (κ2) is 3.81. The van der Waals surface area contributed by atoms with Crippen LogP contribution in [0.15, 0.2) is 46.2 Å². The van der Waals surface area contributed by atoms with Gasteiger partial charge in [0, 0.05) is 16.8 Å². The highest BCUT2D eigenvalue weighted by atomic mass is 32.2. The van der Waals surface area contributed by atoms with Crippen LogP contribution in [0.5, 0.6) is 0 Å². The van der Waals surface area contributed by atoms with E-state index < -0.39 is 0 Å². The molecule has 0 fully saturated rings. The Hall–Kier alpha value is -1.41. The lowest BCUT2D eigenvalue weighted by Gasteiger charge is -2.30. The highest BCUT2D eigenvalue weighted by Crippen LogP contribution is 2.47. The van der Waals surface area contributed by atoms with Crippen molar-refractivity contribution < 1.29 is 0 Å². The van der Waals surface area contributed by atoms with Gasteiger partial charge in [0.2, 0.25) is 0 Å². The maximum absolute atomic E-state index is 2.29. The molecule has 0 aliphatic carbocycles. The van der Waals surface area contributed by atoms with Gasteiger partial charge in [-0.25, -0.2) is 0 Å². The standard InChI is InChI=1S/C15H15NS/c1-10-5-7-14-13(8-10)16(3)12-6-4-11(2)9-15(12)17-14/h4-9H,1-3H3. The molecule has 0 aromatic heterocycles. The molecule has 1 aliphatic rings. The predicted molar refractivity (Wildman–Crippen MR) is 74.5 cm³/mol. The van der Waals surface area contributed by atoms with Crippen LogP contribution in [0.1, 0.15) is 11.1 Å². The van der Waals surface area contributed by atoms with Gasteiger partial charge in [-0.15, -0.1) is 0 Å².